The number of aliphatic imine (C=N–C) groups is 1. The van der Waals surface area contributed by atoms with Crippen molar-refractivity contribution in [3.8, 4) is 11.5 Å². The number of halogens is 1. The Kier molecular flexibility index (Phi) is 11.0. The molecule has 0 unspecified atom stereocenters. The number of benzene rings is 2. The van der Waals surface area contributed by atoms with Crippen LogP contribution < -0.4 is 20.1 Å². The van der Waals surface area contributed by atoms with E-state index in [2.05, 4.69) is 15.6 Å². The molecule has 0 saturated heterocycles. The third-order valence-electron chi connectivity index (χ3n) is 4.24. The first-order valence-electron chi connectivity index (χ1n) is 9.57. The van der Waals surface area contributed by atoms with Crippen LogP contribution in [0.3, 0.4) is 0 Å². The molecule has 8 heteroatoms. The zero-order chi connectivity index (χ0) is 21.2. The first-order valence-corrected chi connectivity index (χ1v) is 9.57. The van der Waals surface area contributed by atoms with Gasteiger partial charge in [0.15, 0.2) is 17.5 Å². The fraction of sp³-hybridized carbons (Fsp3) is 0.364. The number of ether oxygens (including phenoxy) is 2. The molecule has 2 N–H and O–H groups in total. The van der Waals surface area contributed by atoms with E-state index in [1.54, 1.807) is 33.2 Å². The van der Waals surface area contributed by atoms with Gasteiger partial charge in [-0.3, -0.25) is 9.79 Å². The molecule has 0 atom stereocenters. The van der Waals surface area contributed by atoms with Crippen molar-refractivity contribution in [3.05, 3.63) is 53.6 Å². The van der Waals surface area contributed by atoms with Gasteiger partial charge in [-0.15, -0.1) is 24.0 Å². The molecule has 7 nitrogen and oxygen atoms in total. The van der Waals surface area contributed by atoms with Gasteiger partial charge in [0.05, 0.1) is 13.7 Å². The lowest BCUT2D eigenvalue weighted by atomic mass is 10.1. The summed E-state index contributed by atoms with van der Waals surface area (Å²) >= 11 is 0. The molecule has 0 aliphatic rings. The van der Waals surface area contributed by atoms with Gasteiger partial charge in [-0.1, -0.05) is 12.1 Å². The number of nitrogens with zero attached hydrogens (tertiary/aromatic N) is 2. The molecular weight excluding hydrogens is 495 g/mol. The highest BCUT2D eigenvalue weighted by atomic mass is 127. The summed E-state index contributed by atoms with van der Waals surface area (Å²) in [6.07, 6.45) is 0.766. The maximum Gasteiger partial charge on any atom is 0.253 e. The monoisotopic (exact) mass is 526 g/mol. The number of anilines is 1. The van der Waals surface area contributed by atoms with Crippen molar-refractivity contribution in [3.63, 3.8) is 0 Å². The largest absolute Gasteiger partial charge is 0.493 e. The number of guanidine groups is 1. The molecule has 2 aromatic carbocycles. The molecule has 0 aliphatic heterocycles. The van der Waals surface area contributed by atoms with Crippen LogP contribution in [0.5, 0.6) is 11.5 Å². The van der Waals surface area contributed by atoms with Crippen LogP contribution in [0.2, 0.25) is 0 Å². The van der Waals surface area contributed by atoms with Crippen LogP contribution in [-0.4, -0.2) is 58.2 Å². The van der Waals surface area contributed by atoms with E-state index in [9.17, 15) is 4.79 Å². The zero-order valence-corrected chi connectivity index (χ0v) is 20.5. The van der Waals surface area contributed by atoms with Crippen molar-refractivity contribution in [2.75, 3.05) is 46.7 Å². The number of carbonyl (C=O) groups excluding carboxylic acids is 1. The normalized spacial score (nSPS) is 10.6. The van der Waals surface area contributed by atoms with Gasteiger partial charge >= 0.3 is 0 Å². The standard InChI is InChI=1S/C22H30N4O3.HI/c1-6-29-19-11-10-18(15-20(19)28-5)25-22(23-2)24-13-12-16-8-7-9-17(14-16)21(27)26(3)4;/h7-11,14-15H,6,12-13H2,1-5H3,(H2,23,24,25);1H. The molecule has 0 aliphatic carbocycles. The van der Waals surface area contributed by atoms with Crippen molar-refractivity contribution in [2.24, 2.45) is 4.99 Å². The lowest BCUT2D eigenvalue weighted by molar-refractivity contribution is 0.0827. The molecule has 0 radical (unpaired) electrons. The SMILES string of the molecule is CCOc1ccc(NC(=NC)NCCc2cccc(C(=O)N(C)C)c2)cc1OC.I. The first-order chi connectivity index (χ1) is 14.0. The molecule has 164 valence electrons. The quantitative estimate of drug-likeness (QED) is 0.312. The lowest BCUT2D eigenvalue weighted by Crippen LogP contribution is -2.32. The minimum Gasteiger partial charge on any atom is -0.493 e. The van der Waals surface area contributed by atoms with Gasteiger partial charge in [-0.25, -0.2) is 0 Å². The molecule has 0 heterocycles. The summed E-state index contributed by atoms with van der Waals surface area (Å²) in [7, 11) is 6.84. The van der Waals surface area contributed by atoms with E-state index in [4.69, 9.17) is 9.47 Å². The maximum absolute atomic E-state index is 12.1. The van der Waals surface area contributed by atoms with Gasteiger partial charge in [0.1, 0.15) is 0 Å². The number of methoxy groups -OCH3 is 1. The molecule has 2 aromatic rings. The fourth-order valence-electron chi connectivity index (χ4n) is 2.78. The Labute approximate surface area is 195 Å². The third kappa shape index (κ3) is 7.40. The first kappa shape index (κ1) is 25.5. The number of hydrogen-bond donors (Lipinski definition) is 2. The highest BCUT2D eigenvalue weighted by Gasteiger charge is 2.09. The number of carbonyl (C=O) groups is 1. The number of nitrogens with one attached hydrogen (secondary N) is 2. The topological polar surface area (TPSA) is 75.2 Å². The Bertz CT molecular complexity index is 856. The van der Waals surface area contributed by atoms with Crippen molar-refractivity contribution in [2.45, 2.75) is 13.3 Å². The van der Waals surface area contributed by atoms with E-state index >= 15 is 0 Å². The predicted octanol–water partition coefficient (Wildman–Crippen LogP) is 3.64. The minimum atomic E-state index is 0. The van der Waals surface area contributed by atoms with E-state index in [0.29, 0.717) is 36.2 Å². The Morgan fingerprint density at radius 1 is 1.13 bits per heavy atom. The average Bonchev–Trinajstić information content (AvgIpc) is 2.73. The smallest absolute Gasteiger partial charge is 0.253 e. The van der Waals surface area contributed by atoms with Gasteiger partial charge in [0.25, 0.3) is 5.91 Å². The molecule has 0 bridgehead atoms. The summed E-state index contributed by atoms with van der Waals surface area (Å²) in [5, 5.41) is 6.53. The Morgan fingerprint density at radius 3 is 2.53 bits per heavy atom. The van der Waals surface area contributed by atoms with Crippen LogP contribution in [0.25, 0.3) is 0 Å². The van der Waals surface area contributed by atoms with E-state index in [0.717, 1.165) is 17.7 Å². The van der Waals surface area contributed by atoms with Gasteiger partial charge in [-0.2, -0.15) is 0 Å². The Balaban J connectivity index is 0.00000450. The average molecular weight is 526 g/mol. The fourth-order valence-corrected chi connectivity index (χ4v) is 2.78. The number of hydrogen-bond acceptors (Lipinski definition) is 4. The van der Waals surface area contributed by atoms with Gasteiger partial charge < -0.3 is 25.0 Å². The molecular formula is C22H31IN4O3. The van der Waals surface area contributed by atoms with Gasteiger partial charge in [0, 0.05) is 45.0 Å². The van der Waals surface area contributed by atoms with E-state index in [-0.39, 0.29) is 29.9 Å². The summed E-state index contributed by atoms with van der Waals surface area (Å²) < 4.78 is 10.9. The summed E-state index contributed by atoms with van der Waals surface area (Å²) in [4.78, 5) is 17.9. The second-order valence-electron chi connectivity index (χ2n) is 6.57. The predicted molar refractivity (Wildman–Crippen MR) is 133 cm³/mol. The molecule has 0 spiro atoms. The van der Waals surface area contributed by atoms with Crippen LogP contribution in [0, 0.1) is 0 Å². The van der Waals surface area contributed by atoms with Crippen LogP contribution >= 0.6 is 24.0 Å². The van der Waals surface area contributed by atoms with Crippen molar-refractivity contribution >= 4 is 41.5 Å². The van der Waals surface area contributed by atoms with E-state index in [1.807, 2.05) is 49.4 Å². The summed E-state index contributed by atoms with van der Waals surface area (Å²) in [6, 6.07) is 13.3. The second kappa shape index (κ2) is 12.9. The van der Waals surface area contributed by atoms with Gasteiger partial charge in [-0.05, 0) is 43.2 Å². The zero-order valence-electron chi connectivity index (χ0n) is 18.2. The second-order valence-corrected chi connectivity index (χ2v) is 6.57. The van der Waals surface area contributed by atoms with Crippen molar-refractivity contribution in [1.82, 2.24) is 10.2 Å². The summed E-state index contributed by atoms with van der Waals surface area (Å²) in [5.41, 5.74) is 2.62. The Hall–Kier alpha value is -2.49. The molecule has 0 fully saturated rings. The van der Waals surface area contributed by atoms with E-state index < -0.39 is 0 Å². The van der Waals surface area contributed by atoms with Crippen molar-refractivity contribution in [1.29, 1.82) is 0 Å². The van der Waals surface area contributed by atoms with Gasteiger partial charge in [0.2, 0.25) is 0 Å². The number of rotatable bonds is 8. The number of amides is 1. The third-order valence-corrected chi connectivity index (χ3v) is 4.24. The molecule has 0 saturated carbocycles. The van der Waals surface area contributed by atoms with Crippen LogP contribution in [0.1, 0.15) is 22.8 Å². The van der Waals surface area contributed by atoms with Crippen LogP contribution in [-0.2, 0) is 6.42 Å². The molecule has 30 heavy (non-hydrogen) atoms. The van der Waals surface area contributed by atoms with E-state index in [1.165, 1.54) is 0 Å². The highest BCUT2D eigenvalue weighted by molar-refractivity contribution is 14.0. The lowest BCUT2D eigenvalue weighted by Gasteiger charge is -2.15. The summed E-state index contributed by atoms with van der Waals surface area (Å²) in [6.45, 7) is 3.19. The van der Waals surface area contributed by atoms with Crippen molar-refractivity contribution < 1.29 is 14.3 Å². The summed E-state index contributed by atoms with van der Waals surface area (Å²) in [5.74, 6) is 2.02. The minimum absolute atomic E-state index is 0. The highest BCUT2D eigenvalue weighted by Crippen LogP contribution is 2.30. The molecule has 0 aromatic heterocycles. The maximum atomic E-state index is 12.1. The Morgan fingerprint density at radius 2 is 1.90 bits per heavy atom. The van der Waals surface area contributed by atoms with Crippen LogP contribution in [0.4, 0.5) is 5.69 Å². The molecule has 1 amide bonds. The molecule has 2 rings (SSSR count). The van der Waals surface area contributed by atoms with Crippen LogP contribution in [0.15, 0.2) is 47.5 Å².